The number of thioether (sulfide) groups is 1. The first kappa shape index (κ1) is 24.3. The second-order valence-electron chi connectivity index (χ2n) is 8.44. The van der Waals surface area contributed by atoms with Crippen LogP contribution in [0.2, 0.25) is 5.02 Å². The number of fused-ring (bicyclic) bond motifs is 1. The molecular formula is C25H29ClN2O3S2. The lowest BCUT2D eigenvalue weighted by Gasteiger charge is -2.36. The van der Waals surface area contributed by atoms with Gasteiger partial charge in [0.05, 0.1) is 27.8 Å². The number of carbonyl (C=O) groups is 1. The molecule has 1 aliphatic rings. The van der Waals surface area contributed by atoms with E-state index in [0.29, 0.717) is 6.54 Å². The number of piperidine rings is 1. The van der Waals surface area contributed by atoms with Crippen LogP contribution in [0.5, 0.6) is 5.75 Å². The number of halogens is 1. The third-order valence-corrected chi connectivity index (χ3v) is 9.20. The molecule has 8 heteroatoms. The van der Waals surface area contributed by atoms with E-state index >= 15 is 0 Å². The van der Waals surface area contributed by atoms with E-state index in [1.807, 2.05) is 35.8 Å². The first-order valence-electron chi connectivity index (χ1n) is 11.3. The summed E-state index contributed by atoms with van der Waals surface area (Å²) in [6.07, 6.45) is 5.60. The predicted octanol–water partition coefficient (Wildman–Crippen LogP) is 6.10. The minimum atomic E-state index is -0.669. The van der Waals surface area contributed by atoms with Gasteiger partial charge in [0.15, 0.2) is 0 Å². The van der Waals surface area contributed by atoms with Gasteiger partial charge in [-0.2, -0.15) is 0 Å². The fourth-order valence-corrected chi connectivity index (χ4v) is 7.00. The first-order chi connectivity index (χ1) is 16.0. The van der Waals surface area contributed by atoms with Crippen LogP contribution in [0.1, 0.15) is 24.8 Å². The van der Waals surface area contributed by atoms with Crippen LogP contribution in [0.15, 0.2) is 46.1 Å². The molecule has 1 aromatic carbocycles. The molecule has 1 saturated heterocycles. The fraction of sp³-hybridized carbons (Fsp3) is 0.440. The molecule has 33 heavy (non-hydrogen) atoms. The minimum Gasteiger partial charge on any atom is -0.497 e. The summed E-state index contributed by atoms with van der Waals surface area (Å²) >= 11 is 9.59. The van der Waals surface area contributed by atoms with Gasteiger partial charge in [-0.3, -0.25) is 9.78 Å². The fourth-order valence-electron chi connectivity index (χ4n) is 4.63. The average Bonchev–Trinajstić information content (AvgIpc) is 3.24. The number of benzene rings is 1. The number of nitrogens with zero attached hydrogens (tertiary/aromatic N) is 2. The summed E-state index contributed by atoms with van der Waals surface area (Å²) in [5, 5.41) is 13.8. The second kappa shape index (κ2) is 11.6. The molecule has 1 N–H and O–H groups in total. The van der Waals surface area contributed by atoms with E-state index in [2.05, 4.69) is 16.0 Å². The highest BCUT2D eigenvalue weighted by atomic mass is 35.5. The normalized spacial score (nSPS) is 19.1. The summed E-state index contributed by atoms with van der Waals surface area (Å²) in [5.41, 5.74) is 2.21. The molecule has 1 fully saturated rings. The van der Waals surface area contributed by atoms with Gasteiger partial charge in [0.1, 0.15) is 5.75 Å². The summed E-state index contributed by atoms with van der Waals surface area (Å²) in [4.78, 5) is 18.8. The van der Waals surface area contributed by atoms with Gasteiger partial charge in [0, 0.05) is 30.4 Å². The molecule has 2 atom stereocenters. The lowest BCUT2D eigenvalue weighted by atomic mass is 9.81. The van der Waals surface area contributed by atoms with Gasteiger partial charge < -0.3 is 14.7 Å². The Kier molecular flexibility index (Phi) is 8.52. The Morgan fingerprint density at radius 1 is 1.36 bits per heavy atom. The van der Waals surface area contributed by atoms with Crippen LogP contribution in [-0.2, 0) is 11.2 Å². The highest BCUT2D eigenvalue weighted by Crippen LogP contribution is 2.33. The SMILES string of the molecule is COc1ccc2nccc(CCC[C@@H]3CCN(CCSc4sccc4Cl)C[C@@H]3C(=O)O)c2c1. The zero-order valence-corrected chi connectivity index (χ0v) is 21.1. The molecule has 3 heterocycles. The number of hydrogen-bond donors (Lipinski definition) is 1. The van der Waals surface area contributed by atoms with Crippen LogP contribution in [-0.4, -0.2) is 53.5 Å². The summed E-state index contributed by atoms with van der Waals surface area (Å²) in [6, 6.07) is 9.94. The van der Waals surface area contributed by atoms with E-state index < -0.39 is 5.97 Å². The summed E-state index contributed by atoms with van der Waals surface area (Å²) in [6.45, 7) is 2.48. The van der Waals surface area contributed by atoms with Crippen molar-refractivity contribution in [2.24, 2.45) is 11.8 Å². The van der Waals surface area contributed by atoms with Crippen molar-refractivity contribution >= 4 is 51.6 Å². The number of methoxy groups -OCH3 is 1. The number of rotatable bonds is 10. The predicted molar refractivity (Wildman–Crippen MR) is 137 cm³/mol. The van der Waals surface area contributed by atoms with Crippen LogP contribution in [0.25, 0.3) is 10.9 Å². The first-order valence-corrected chi connectivity index (χ1v) is 13.5. The van der Waals surface area contributed by atoms with Crippen LogP contribution in [0, 0.1) is 11.8 Å². The zero-order chi connectivity index (χ0) is 23.2. The van der Waals surface area contributed by atoms with Gasteiger partial charge in [-0.15, -0.1) is 23.1 Å². The number of thiophene rings is 1. The molecule has 2 aromatic heterocycles. The van der Waals surface area contributed by atoms with Crippen molar-refractivity contribution < 1.29 is 14.6 Å². The average molecular weight is 505 g/mol. The van der Waals surface area contributed by atoms with Crippen molar-refractivity contribution in [1.82, 2.24) is 9.88 Å². The van der Waals surface area contributed by atoms with Gasteiger partial charge in [-0.25, -0.2) is 0 Å². The molecule has 0 unspecified atom stereocenters. The number of carboxylic acid groups (broad SMARTS) is 1. The van der Waals surface area contributed by atoms with Crippen molar-refractivity contribution in [1.29, 1.82) is 0 Å². The molecule has 5 nitrogen and oxygen atoms in total. The second-order valence-corrected chi connectivity index (χ2v) is 11.1. The maximum Gasteiger partial charge on any atom is 0.308 e. The highest BCUT2D eigenvalue weighted by Gasteiger charge is 2.33. The minimum absolute atomic E-state index is 0.223. The number of hydrogen-bond acceptors (Lipinski definition) is 6. The molecule has 176 valence electrons. The van der Waals surface area contributed by atoms with Crippen LogP contribution in [0.3, 0.4) is 0 Å². The zero-order valence-electron chi connectivity index (χ0n) is 18.7. The summed E-state index contributed by atoms with van der Waals surface area (Å²) < 4.78 is 6.52. The standard InChI is InChI=1S/C25H29ClN2O3S2/c1-31-19-5-6-23-20(15-19)17(7-10-27-23)3-2-4-18-8-11-28(16-21(18)24(29)30)12-14-33-25-22(26)9-13-32-25/h5-7,9-10,13,15,18,21H,2-4,8,11-12,14,16H2,1H3,(H,29,30)/t18-,21+/m1/s1. The van der Waals surface area contributed by atoms with E-state index in [1.165, 1.54) is 5.56 Å². The Morgan fingerprint density at radius 3 is 3.00 bits per heavy atom. The smallest absolute Gasteiger partial charge is 0.308 e. The van der Waals surface area contributed by atoms with Gasteiger partial charge >= 0.3 is 5.97 Å². The Hall–Kier alpha value is -1.80. The third kappa shape index (κ3) is 6.21. The summed E-state index contributed by atoms with van der Waals surface area (Å²) in [7, 11) is 1.67. The molecule has 0 radical (unpaired) electrons. The number of carboxylic acids is 1. The van der Waals surface area contributed by atoms with Crippen LogP contribution < -0.4 is 4.74 Å². The number of likely N-dealkylation sites (tertiary alicyclic amines) is 1. The van der Waals surface area contributed by atoms with Crippen molar-refractivity contribution in [3.8, 4) is 5.75 Å². The van der Waals surface area contributed by atoms with E-state index in [-0.39, 0.29) is 11.8 Å². The monoisotopic (exact) mass is 504 g/mol. The van der Waals surface area contributed by atoms with Gasteiger partial charge in [0.25, 0.3) is 0 Å². The largest absolute Gasteiger partial charge is 0.497 e. The quantitative estimate of drug-likeness (QED) is 0.337. The van der Waals surface area contributed by atoms with E-state index in [4.69, 9.17) is 16.3 Å². The van der Waals surface area contributed by atoms with Gasteiger partial charge in [0.2, 0.25) is 0 Å². The van der Waals surface area contributed by atoms with Crippen molar-refractivity contribution in [3.05, 3.63) is 52.5 Å². The number of aliphatic carboxylic acids is 1. The Bertz CT molecular complexity index is 1090. The van der Waals surface area contributed by atoms with E-state index in [0.717, 1.165) is 70.4 Å². The topological polar surface area (TPSA) is 62.7 Å². The maximum atomic E-state index is 12.0. The molecular weight excluding hydrogens is 476 g/mol. The molecule has 0 spiro atoms. The molecule has 0 saturated carbocycles. The highest BCUT2D eigenvalue weighted by molar-refractivity contribution is 8.01. The third-order valence-electron chi connectivity index (χ3n) is 6.44. The van der Waals surface area contributed by atoms with Gasteiger partial charge in [-0.1, -0.05) is 11.6 Å². The van der Waals surface area contributed by atoms with Gasteiger partial charge in [-0.05, 0) is 79.4 Å². The van der Waals surface area contributed by atoms with Crippen molar-refractivity contribution in [2.75, 3.05) is 32.5 Å². The lowest BCUT2D eigenvalue weighted by Crippen LogP contribution is -2.44. The number of ether oxygens (including phenoxy) is 1. The Balaban J connectivity index is 1.30. The van der Waals surface area contributed by atoms with Crippen LogP contribution >= 0.6 is 34.7 Å². The maximum absolute atomic E-state index is 12.0. The lowest BCUT2D eigenvalue weighted by molar-refractivity contribution is -0.146. The van der Waals surface area contributed by atoms with Crippen LogP contribution in [0.4, 0.5) is 0 Å². The number of pyridine rings is 1. The number of aromatic nitrogens is 1. The van der Waals surface area contributed by atoms with Crippen molar-refractivity contribution in [2.45, 2.75) is 29.9 Å². The molecule has 1 aliphatic heterocycles. The van der Waals surface area contributed by atoms with E-state index in [9.17, 15) is 9.90 Å². The van der Waals surface area contributed by atoms with E-state index in [1.54, 1.807) is 30.2 Å². The Morgan fingerprint density at radius 2 is 2.24 bits per heavy atom. The molecule has 0 bridgehead atoms. The molecule has 0 amide bonds. The Labute approximate surface area is 208 Å². The number of aryl methyl sites for hydroxylation is 1. The van der Waals surface area contributed by atoms with Crippen molar-refractivity contribution in [3.63, 3.8) is 0 Å². The molecule has 3 aromatic rings. The summed E-state index contributed by atoms with van der Waals surface area (Å²) in [5.74, 6) is 1.01. The molecule has 0 aliphatic carbocycles. The molecule has 4 rings (SSSR count).